The van der Waals surface area contributed by atoms with Crippen LogP contribution >= 0.6 is 0 Å². The monoisotopic (exact) mass is 423 g/mol. The van der Waals surface area contributed by atoms with E-state index in [1.165, 1.54) is 12.1 Å². The van der Waals surface area contributed by atoms with Crippen LogP contribution < -0.4 is 5.32 Å². The molecule has 9 heteroatoms. The zero-order chi connectivity index (χ0) is 22.1. The molecule has 0 spiro atoms. The average Bonchev–Trinajstić information content (AvgIpc) is 2.67. The minimum absolute atomic E-state index is 0.0275. The van der Waals surface area contributed by atoms with E-state index in [1.807, 2.05) is 11.9 Å². The fraction of sp³-hybridized carbons (Fsp3) is 0.333. The lowest BCUT2D eigenvalue weighted by molar-refractivity contribution is -0.131. The molecule has 1 aliphatic rings. The van der Waals surface area contributed by atoms with Gasteiger partial charge in [0, 0.05) is 35.6 Å². The predicted molar refractivity (Wildman–Crippen MR) is 108 cm³/mol. The Labute approximate surface area is 170 Å². The lowest BCUT2D eigenvalue weighted by atomic mass is 9.99. The number of pyridine rings is 1. The van der Waals surface area contributed by atoms with Gasteiger partial charge in [-0.15, -0.1) is 0 Å². The van der Waals surface area contributed by atoms with Crippen molar-refractivity contribution in [1.82, 2.24) is 9.88 Å². The van der Waals surface area contributed by atoms with Crippen molar-refractivity contribution in [3.05, 3.63) is 48.3 Å². The molecule has 1 saturated heterocycles. The van der Waals surface area contributed by atoms with Crippen LogP contribution in [0.3, 0.4) is 0 Å². The summed E-state index contributed by atoms with van der Waals surface area (Å²) in [5.41, 5.74) is -1.06. The highest BCUT2D eigenvalue weighted by atomic mass is 19.4. The van der Waals surface area contributed by atoms with Gasteiger partial charge in [-0.1, -0.05) is 18.7 Å². The molecule has 1 aromatic heterocycles. The van der Waals surface area contributed by atoms with E-state index in [1.54, 1.807) is 12.1 Å². The smallest absolute Gasteiger partial charge is 0.417 e. The van der Waals surface area contributed by atoms with E-state index in [4.69, 9.17) is 5.11 Å². The van der Waals surface area contributed by atoms with Gasteiger partial charge in [0.25, 0.3) is 0 Å². The molecule has 5 nitrogen and oxygen atoms in total. The predicted octanol–water partition coefficient (Wildman–Crippen LogP) is 4.36. The second kappa shape index (κ2) is 8.43. The zero-order valence-electron chi connectivity index (χ0n) is 16.2. The topological polar surface area (TPSA) is 65.5 Å². The van der Waals surface area contributed by atoms with Crippen LogP contribution in [0.25, 0.3) is 22.4 Å². The Morgan fingerprint density at radius 3 is 2.73 bits per heavy atom. The van der Waals surface area contributed by atoms with Gasteiger partial charge in [0.2, 0.25) is 0 Å². The minimum atomic E-state index is -4.71. The summed E-state index contributed by atoms with van der Waals surface area (Å²) in [5, 5.41) is 12.5. The van der Waals surface area contributed by atoms with E-state index in [-0.39, 0.29) is 17.6 Å². The number of halogens is 4. The number of carboxylic acid groups (broad SMARTS) is 1. The summed E-state index contributed by atoms with van der Waals surface area (Å²) < 4.78 is 54.5. The number of aromatic nitrogens is 1. The summed E-state index contributed by atoms with van der Waals surface area (Å²) in [6, 6.07) is 5.68. The van der Waals surface area contributed by atoms with E-state index < -0.39 is 35.6 Å². The second-order valence-electron chi connectivity index (χ2n) is 7.26. The minimum Gasteiger partial charge on any atom is -0.478 e. The van der Waals surface area contributed by atoms with Crippen molar-refractivity contribution < 1.29 is 27.5 Å². The van der Waals surface area contributed by atoms with E-state index in [0.29, 0.717) is 24.0 Å². The first-order valence-electron chi connectivity index (χ1n) is 9.26. The molecule has 0 saturated carbocycles. The van der Waals surface area contributed by atoms with Gasteiger partial charge in [-0.3, -0.25) is 0 Å². The second-order valence-corrected chi connectivity index (χ2v) is 7.26. The van der Waals surface area contributed by atoms with Gasteiger partial charge >= 0.3 is 12.1 Å². The first-order valence-corrected chi connectivity index (χ1v) is 9.26. The summed E-state index contributed by atoms with van der Waals surface area (Å²) in [5.74, 6) is -1.26. The number of likely N-dealkylation sites (tertiary alicyclic amines) is 1. The summed E-state index contributed by atoms with van der Waals surface area (Å²) >= 11 is 0. The Kier molecular flexibility index (Phi) is 6.12. The number of hydrogen-bond donors (Lipinski definition) is 2. The van der Waals surface area contributed by atoms with Gasteiger partial charge in [-0.2, -0.15) is 13.2 Å². The maximum absolute atomic E-state index is 14.5. The molecule has 0 amide bonds. The van der Waals surface area contributed by atoms with Crippen LogP contribution in [0.15, 0.2) is 36.9 Å². The molecule has 30 heavy (non-hydrogen) atoms. The summed E-state index contributed by atoms with van der Waals surface area (Å²) in [6.45, 7) is 4.08. The largest absolute Gasteiger partial charge is 0.478 e. The Morgan fingerprint density at radius 2 is 2.10 bits per heavy atom. The molecule has 2 atom stereocenters. The number of carbonyl (C=O) groups is 1. The molecule has 160 valence electrons. The lowest BCUT2D eigenvalue weighted by Gasteiger charge is -2.33. The van der Waals surface area contributed by atoms with Crippen LogP contribution in [0.4, 0.5) is 23.2 Å². The number of alkyl halides is 4. The van der Waals surface area contributed by atoms with Crippen LogP contribution in [0.5, 0.6) is 0 Å². The third-order valence-electron chi connectivity index (χ3n) is 5.00. The van der Waals surface area contributed by atoms with Gasteiger partial charge in [0.15, 0.2) is 0 Å². The van der Waals surface area contributed by atoms with Crippen LogP contribution in [-0.4, -0.2) is 59.5 Å². The SMILES string of the molecule is C=C(c1nc(/C=C/C(=O)O)cc2c(N[C@@H]3CCN(C)C[C@@H]3F)cccc12)C(F)(F)F. The highest BCUT2D eigenvalue weighted by Gasteiger charge is 2.35. The van der Waals surface area contributed by atoms with Gasteiger partial charge in [-0.25, -0.2) is 14.2 Å². The van der Waals surface area contributed by atoms with Gasteiger partial charge in [0.1, 0.15) is 6.17 Å². The lowest BCUT2D eigenvalue weighted by Crippen LogP contribution is -2.46. The molecule has 0 bridgehead atoms. The zero-order valence-corrected chi connectivity index (χ0v) is 16.2. The molecule has 2 N–H and O–H groups in total. The fourth-order valence-corrected chi connectivity index (χ4v) is 3.45. The van der Waals surface area contributed by atoms with Crippen LogP contribution in [0, 0.1) is 0 Å². The number of allylic oxidation sites excluding steroid dienone is 1. The van der Waals surface area contributed by atoms with Crippen LogP contribution in [-0.2, 0) is 4.79 Å². The third-order valence-corrected chi connectivity index (χ3v) is 5.00. The van der Waals surface area contributed by atoms with Crippen molar-refractivity contribution >= 4 is 34.1 Å². The van der Waals surface area contributed by atoms with E-state index in [2.05, 4.69) is 16.9 Å². The van der Waals surface area contributed by atoms with Crippen molar-refractivity contribution in [2.45, 2.75) is 24.8 Å². The summed E-state index contributed by atoms with van der Waals surface area (Å²) in [7, 11) is 1.82. The fourth-order valence-electron chi connectivity index (χ4n) is 3.45. The number of hydrogen-bond acceptors (Lipinski definition) is 4. The number of benzene rings is 1. The van der Waals surface area contributed by atoms with Crippen molar-refractivity contribution in [3.8, 4) is 0 Å². The molecule has 1 fully saturated rings. The van der Waals surface area contributed by atoms with E-state index in [0.717, 1.165) is 12.2 Å². The number of aliphatic carboxylic acids is 1. The van der Waals surface area contributed by atoms with Crippen LogP contribution in [0.1, 0.15) is 17.8 Å². The first kappa shape index (κ1) is 21.8. The Morgan fingerprint density at radius 1 is 1.37 bits per heavy atom. The van der Waals surface area contributed by atoms with E-state index >= 15 is 0 Å². The summed E-state index contributed by atoms with van der Waals surface area (Å²) in [6.07, 6.45) is -3.42. The maximum atomic E-state index is 14.5. The molecule has 1 aromatic carbocycles. The summed E-state index contributed by atoms with van der Waals surface area (Å²) in [4.78, 5) is 16.7. The maximum Gasteiger partial charge on any atom is 0.417 e. The molecule has 1 aliphatic heterocycles. The number of piperidine rings is 1. The average molecular weight is 423 g/mol. The number of anilines is 1. The molecule has 0 aliphatic carbocycles. The highest BCUT2D eigenvalue weighted by Crippen LogP contribution is 2.37. The Bertz CT molecular complexity index is 1000. The molecule has 2 aromatic rings. The number of rotatable bonds is 5. The molecular weight excluding hydrogens is 402 g/mol. The first-order chi connectivity index (χ1) is 14.1. The standard InChI is InChI=1S/C21H21F4N3O2/c1-12(21(23,24)25)20-14-4-3-5-17(27-18-8-9-28(2)11-16(18)22)15(14)10-13(26-20)6-7-19(29)30/h3-7,10,16,18,27H,1,8-9,11H2,2H3,(H,29,30)/b7-6+/t16-,18+/m0/s1. The highest BCUT2D eigenvalue weighted by molar-refractivity contribution is 6.01. The molecule has 0 unspecified atom stereocenters. The molecule has 2 heterocycles. The van der Waals surface area contributed by atoms with Crippen molar-refractivity contribution in [2.24, 2.45) is 0 Å². The van der Waals surface area contributed by atoms with Gasteiger partial charge < -0.3 is 15.3 Å². The van der Waals surface area contributed by atoms with Crippen molar-refractivity contribution in [3.63, 3.8) is 0 Å². The van der Waals surface area contributed by atoms with Gasteiger partial charge in [0.05, 0.1) is 23.0 Å². The number of fused-ring (bicyclic) bond motifs is 1. The van der Waals surface area contributed by atoms with E-state index in [9.17, 15) is 22.4 Å². The number of nitrogens with one attached hydrogen (secondary N) is 1. The normalized spacial score (nSPS) is 20.6. The number of carboxylic acids is 1. The molecular formula is C21H21F4N3O2. The van der Waals surface area contributed by atoms with Crippen molar-refractivity contribution in [2.75, 3.05) is 25.5 Å². The van der Waals surface area contributed by atoms with Gasteiger partial charge in [-0.05, 0) is 31.7 Å². The Balaban J connectivity index is 2.11. The van der Waals surface area contributed by atoms with Crippen LogP contribution in [0.2, 0.25) is 0 Å². The third kappa shape index (κ3) is 4.79. The number of nitrogens with zero attached hydrogens (tertiary/aromatic N) is 2. The quantitative estimate of drug-likeness (QED) is 0.553. The van der Waals surface area contributed by atoms with Crippen molar-refractivity contribution in [1.29, 1.82) is 0 Å². The molecule has 3 rings (SSSR count). The molecule has 0 radical (unpaired) electrons. The Hall–Kier alpha value is -2.94.